The number of anilines is 1. The van der Waals surface area contributed by atoms with E-state index in [1.165, 1.54) is 6.42 Å². The average Bonchev–Trinajstić information content (AvgIpc) is 2.84. The van der Waals surface area contributed by atoms with Crippen LogP contribution in [0.2, 0.25) is 0 Å². The van der Waals surface area contributed by atoms with Gasteiger partial charge in [-0.2, -0.15) is 0 Å². The van der Waals surface area contributed by atoms with Crippen molar-refractivity contribution in [2.45, 2.75) is 31.9 Å². The number of amides is 2. The maximum absolute atomic E-state index is 13.2. The number of pyridine rings is 1. The van der Waals surface area contributed by atoms with Gasteiger partial charge in [-0.05, 0) is 53.9 Å². The zero-order valence-corrected chi connectivity index (χ0v) is 18.2. The average molecular weight is 433 g/mol. The highest BCUT2D eigenvalue weighted by molar-refractivity contribution is 6.15. The molecule has 4 rings (SSSR count). The van der Waals surface area contributed by atoms with Gasteiger partial charge in [-0.1, -0.05) is 36.8 Å². The maximum Gasteiger partial charge on any atom is 0.272 e. The SMILES string of the molecule is COCc1ccc(C(=O)Nc2cccnc2C(=O)NCC2CCCCN2)c2ccccc12. The van der Waals surface area contributed by atoms with Crippen molar-refractivity contribution in [1.82, 2.24) is 15.6 Å². The van der Waals surface area contributed by atoms with Crippen LogP contribution in [-0.2, 0) is 11.3 Å². The highest BCUT2D eigenvalue weighted by Crippen LogP contribution is 2.25. The Morgan fingerprint density at radius 2 is 1.91 bits per heavy atom. The summed E-state index contributed by atoms with van der Waals surface area (Å²) in [5.74, 6) is -0.588. The standard InChI is InChI=1S/C25H28N4O3/c1-32-16-17-11-12-21(20-9-3-2-8-19(17)20)24(30)29-22-10-6-14-27-23(22)25(31)28-15-18-7-4-5-13-26-18/h2-3,6,8-12,14,18,26H,4-5,7,13,15-16H2,1H3,(H,28,31)(H,29,30). The molecule has 1 aliphatic heterocycles. The molecule has 1 aromatic heterocycles. The quantitative estimate of drug-likeness (QED) is 0.531. The molecule has 0 bridgehead atoms. The summed E-state index contributed by atoms with van der Waals surface area (Å²) in [6.45, 7) is 1.97. The van der Waals surface area contributed by atoms with Crippen LogP contribution in [0.4, 0.5) is 5.69 Å². The van der Waals surface area contributed by atoms with E-state index in [9.17, 15) is 9.59 Å². The number of aromatic nitrogens is 1. The van der Waals surface area contributed by atoms with Crippen LogP contribution in [0.3, 0.4) is 0 Å². The van der Waals surface area contributed by atoms with E-state index in [1.807, 2.05) is 30.3 Å². The molecule has 0 spiro atoms. The number of nitrogens with one attached hydrogen (secondary N) is 3. The lowest BCUT2D eigenvalue weighted by atomic mass is 9.99. The van der Waals surface area contributed by atoms with Gasteiger partial charge in [0, 0.05) is 31.5 Å². The first-order chi connectivity index (χ1) is 15.7. The molecule has 2 amide bonds. The summed E-state index contributed by atoms with van der Waals surface area (Å²) in [5.41, 5.74) is 2.13. The molecular weight excluding hydrogens is 404 g/mol. The second-order valence-corrected chi connectivity index (χ2v) is 7.96. The fourth-order valence-electron chi connectivity index (χ4n) is 4.12. The van der Waals surface area contributed by atoms with Gasteiger partial charge in [0.25, 0.3) is 11.8 Å². The number of hydrogen-bond acceptors (Lipinski definition) is 5. The highest BCUT2D eigenvalue weighted by Gasteiger charge is 2.19. The largest absolute Gasteiger partial charge is 0.380 e. The lowest BCUT2D eigenvalue weighted by Crippen LogP contribution is -2.43. The number of carbonyl (C=O) groups excluding carboxylic acids is 2. The molecule has 0 saturated carbocycles. The van der Waals surface area contributed by atoms with Crippen LogP contribution < -0.4 is 16.0 Å². The molecule has 2 aromatic carbocycles. The molecule has 1 unspecified atom stereocenters. The lowest BCUT2D eigenvalue weighted by molar-refractivity contribution is 0.0943. The molecule has 1 atom stereocenters. The van der Waals surface area contributed by atoms with Crippen molar-refractivity contribution in [3.63, 3.8) is 0 Å². The Morgan fingerprint density at radius 3 is 2.69 bits per heavy atom. The Hall–Kier alpha value is -3.29. The van der Waals surface area contributed by atoms with E-state index in [-0.39, 0.29) is 23.6 Å². The Balaban J connectivity index is 1.53. The Labute approximate surface area is 187 Å². The third-order valence-corrected chi connectivity index (χ3v) is 5.75. The van der Waals surface area contributed by atoms with Crippen molar-refractivity contribution in [3.8, 4) is 0 Å². The first kappa shape index (κ1) is 21.9. The number of hydrogen-bond donors (Lipinski definition) is 3. The van der Waals surface area contributed by atoms with Crippen molar-refractivity contribution in [2.24, 2.45) is 0 Å². The second kappa shape index (κ2) is 10.3. The van der Waals surface area contributed by atoms with Gasteiger partial charge < -0.3 is 20.7 Å². The third kappa shape index (κ3) is 4.95. The number of benzene rings is 2. The number of carbonyl (C=O) groups is 2. The summed E-state index contributed by atoms with van der Waals surface area (Å²) >= 11 is 0. The van der Waals surface area contributed by atoms with Gasteiger partial charge >= 0.3 is 0 Å². The fraction of sp³-hybridized carbons (Fsp3) is 0.320. The fourth-order valence-corrected chi connectivity index (χ4v) is 4.12. The first-order valence-corrected chi connectivity index (χ1v) is 10.9. The van der Waals surface area contributed by atoms with Gasteiger partial charge in [-0.15, -0.1) is 0 Å². The number of methoxy groups -OCH3 is 1. The number of nitrogens with zero attached hydrogens (tertiary/aromatic N) is 1. The van der Waals surface area contributed by atoms with Gasteiger partial charge in [0.15, 0.2) is 5.69 Å². The zero-order chi connectivity index (χ0) is 22.3. The molecule has 1 aliphatic rings. The molecule has 7 nitrogen and oxygen atoms in total. The Bertz CT molecular complexity index is 1110. The van der Waals surface area contributed by atoms with Crippen molar-refractivity contribution >= 4 is 28.3 Å². The summed E-state index contributed by atoms with van der Waals surface area (Å²) in [6.07, 6.45) is 4.92. The van der Waals surface area contributed by atoms with E-state index in [1.54, 1.807) is 31.5 Å². The van der Waals surface area contributed by atoms with E-state index in [4.69, 9.17) is 4.74 Å². The van der Waals surface area contributed by atoms with Crippen LogP contribution in [0, 0.1) is 0 Å². The zero-order valence-electron chi connectivity index (χ0n) is 18.2. The molecule has 32 heavy (non-hydrogen) atoms. The minimum Gasteiger partial charge on any atom is -0.380 e. The van der Waals surface area contributed by atoms with Crippen LogP contribution in [0.1, 0.15) is 45.7 Å². The van der Waals surface area contributed by atoms with Crippen LogP contribution in [0.5, 0.6) is 0 Å². The normalized spacial score (nSPS) is 16.0. The number of ether oxygens (including phenoxy) is 1. The maximum atomic E-state index is 13.2. The number of fused-ring (bicyclic) bond motifs is 1. The van der Waals surface area contributed by atoms with Gasteiger partial charge in [0.05, 0.1) is 12.3 Å². The first-order valence-electron chi connectivity index (χ1n) is 10.9. The van der Waals surface area contributed by atoms with Crippen LogP contribution in [-0.4, -0.2) is 43.0 Å². The molecule has 3 aromatic rings. The molecule has 2 heterocycles. The summed E-state index contributed by atoms with van der Waals surface area (Å²) in [7, 11) is 1.65. The Morgan fingerprint density at radius 1 is 1.06 bits per heavy atom. The smallest absolute Gasteiger partial charge is 0.272 e. The summed E-state index contributed by atoms with van der Waals surface area (Å²) in [5, 5.41) is 11.0. The van der Waals surface area contributed by atoms with E-state index < -0.39 is 0 Å². The molecule has 0 radical (unpaired) electrons. The van der Waals surface area contributed by atoms with Crippen molar-refractivity contribution < 1.29 is 14.3 Å². The van der Waals surface area contributed by atoms with Crippen LogP contribution in [0.25, 0.3) is 10.8 Å². The van der Waals surface area contributed by atoms with Gasteiger partial charge in [0.2, 0.25) is 0 Å². The van der Waals surface area contributed by atoms with E-state index in [0.717, 1.165) is 35.7 Å². The molecule has 166 valence electrons. The minimum atomic E-state index is -0.298. The highest BCUT2D eigenvalue weighted by atomic mass is 16.5. The van der Waals surface area contributed by atoms with E-state index in [0.29, 0.717) is 24.4 Å². The molecular formula is C25H28N4O3. The van der Waals surface area contributed by atoms with E-state index >= 15 is 0 Å². The molecule has 7 heteroatoms. The topological polar surface area (TPSA) is 92.3 Å². The predicted octanol–water partition coefficient (Wildman–Crippen LogP) is 3.51. The van der Waals surface area contributed by atoms with Crippen LogP contribution in [0.15, 0.2) is 54.7 Å². The van der Waals surface area contributed by atoms with E-state index in [2.05, 4.69) is 20.9 Å². The Kier molecular flexibility index (Phi) is 7.09. The van der Waals surface area contributed by atoms with Gasteiger partial charge in [0.1, 0.15) is 0 Å². The van der Waals surface area contributed by atoms with Gasteiger partial charge in [-0.25, -0.2) is 4.98 Å². The molecule has 1 saturated heterocycles. The summed E-state index contributed by atoms with van der Waals surface area (Å²) < 4.78 is 5.28. The second-order valence-electron chi connectivity index (χ2n) is 7.96. The summed E-state index contributed by atoms with van der Waals surface area (Å²) in [4.78, 5) is 30.2. The van der Waals surface area contributed by atoms with Crippen molar-refractivity contribution in [3.05, 3.63) is 71.5 Å². The van der Waals surface area contributed by atoms with Crippen LogP contribution >= 0.6 is 0 Å². The monoisotopic (exact) mass is 432 g/mol. The van der Waals surface area contributed by atoms with Crippen molar-refractivity contribution in [1.29, 1.82) is 0 Å². The lowest BCUT2D eigenvalue weighted by Gasteiger charge is -2.23. The predicted molar refractivity (Wildman–Crippen MR) is 125 cm³/mol. The van der Waals surface area contributed by atoms with Gasteiger partial charge in [-0.3, -0.25) is 9.59 Å². The minimum absolute atomic E-state index is 0.206. The molecule has 3 N–H and O–H groups in total. The number of rotatable bonds is 7. The van der Waals surface area contributed by atoms with Crippen molar-refractivity contribution in [2.75, 3.05) is 25.5 Å². The summed E-state index contributed by atoms with van der Waals surface area (Å²) in [6, 6.07) is 15.1. The third-order valence-electron chi connectivity index (χ3n) is 5.75. The molecule has 1 fully saturated rings. The molecule has 0 aliphatic carbocycles. The number of piperidine rings is 1.